The Morgan fingerprint density at radius 2 is 1.89 bits per heavy atom. The van der Waals surface area contributed by atoms with Gasteiger partial charge in [-0.2, -0.15) is 0 Å². The zero-order valence-electron chi connectivity index (χ0n) is 21.7. The van der Waals surface area contributed by atoms with Crippen LogP contribution in [-0.2, 0) is 6.42 Å². The van der Waals surface area contributed by atoms with Crippen molar-refractivity contribution >= 4 is 40.0 Å². The quantitative estimate of drug-likeness (QED) is 0.299. The van der Waals surface area contributed by atoms with Gasteiger partial charge >= 0.3 is 5.97 Å². The third-order valence-corrected chi connectivity index (χ3v) is 10.1. The van der Waals surface area contributed by atoms with Gasteiger partial charge in [-0.1, -0.05) is 51.0 Å². The highest BCUT2D eigenvalue weighted by Gasteiger charge is 2.30. The zero-order chi connectivity index (χ0) is 25.9. The van der Waals surface area contributed by atoms with E-state index in [0.717, 1.165) is 58.4 Å². The van der Waals surface area contributed by atoms with Crippen molar-refractivity contribution in [1.82, 2.24) is 4.90 Å². The second-order valence-electron chi connectivity index (χ2n) is 10.5. The van der Waals surface area contributed by atoms with E-state index >= 15 is 0 Å². The van der Waals surface area contributed by atoms with E-state index in [2.05, 4.69) is 24.8 Å². The molecule has 194 valence electrons. The van der Waals surface area contributed by atoms with E-state index in [1.165, 1.54) is 59.5 Å². The van der Waals surface area contributed by atoms with Crippen molar-refractivity contribution in [2.45, 2.75) is 52.4 Å². The Morgan fingerprint density at radius 3 is 2.59 bits per heavy atom. The van der Waals surface area contributed by atoms with Gasteiger partial charge in [-0.3, -0.25) is 9.69 Å². The average molecular weight is 534 g/mol. The molecule has 0 unspecified atom stereocenters. The number of hydrogen-bond acceptors (Lipinski definition) is 5. The van der Waals surface area contributed by atoms with E-state index in [9.17, 15) is 14.7 Å². The van der Waals surface area contributed by atoms with Crippen LogP contribution in [0.1, 0.15) is 76.4 Å². The number of nitrogens with zero attached hydrogens (tertiary/aromatic N) is 1. The number of thiophene rings is 2. The first-order valence-corrected chi connectivity index (χ1v) is 15.1. The fraction of sp³-hybridized carbons (Fsp3) is 0.419. The lowest BCUT2D eigenvalue weighted by Gasteiger charge is -2.36. The van der Waals surface area contributed by atoms with Crippen LogP contribution in [0.4, 0.5) is 0 Å². The number of carboxylic acids is 1. The normalized spacial score (nSPS) is 20.8. The van der Waals surface area contributed by atoms with Crippen LogP contribution in [0, 0.1) is 11.8 Å². The molecule has 37 heavy (non-hydrogen) atoms. The van der Waals surface area contributed by atoms with Crippen molar-refractivity contribution in [1.29, 1.82) is 0 Å². The van der Waals surface area contributed by atoms with Crippen molar-refractivity contribution < 1.29 is 14.7 Å². The summed E-state index contributed by atoms with van der Waals surface area (Å²) < 4.78 is 0. The van der Waals surface area contributed by atoms with E-state index in [0.29, 0.717) is 17.2 Å². The number of likely N-dealkylation sites (N-methyl/N-ethyl adjacent to an activating group) is 1. The summed E-state index contributed by atoms with van der Waals surface area (Å²) in [6.07, 6.45) is 6.17. The highest BCUT2D eigenvalue weighted by Crippen LogP contribution is 2.43. The fourth-order valence-corrected chi connectivity index (χ4v) is 7.55. The molecule has 3 heterocycles. The Bertz CT molecular complexity index is 1300. The van der Waals surface area contributed by atoms with Crippen LogP contribution in [-0.4, -0.2) is 41.4 Å². The largest absolute Gasteiger partial charge is 0.477 e. The summed E-state index contributed by atoms with van der Waals surface area (Å²) in [5.41, 5.74) is 5.59. The number of benzene rings is 1. The van der Waals surface area contributed by atoms with Gasteiger partial charge in [-0.05, 0) is 83.5 Å². The summed E-state index contributed by atoms with van der Waals surface area (Å²) in [6, 6.07) is 13.9. The molecule has 0 atom stereocenters. The van der Waals surface area contributed by atoms with Crippen LogP contribution in [0.2, 0.25) is 0 Å². The number of rotatable bonds is 8. The molecule has 1 aliphatic carbocycles. The van der Waals surface area contributed by atoms with Crippen molar-refractivity contribution in [2.75, 3.05) is 19.6 Å². The standard InChI is InChI=1S/C31H35NO3S2/c1-3-32-14-13-24(26(19-32)22-11-9-20(2)10-12-22)25-18-29(37-30(25)31(34)35)23-7-4-6-21(16-23)17-27(33)28-8-5-15-36-28/h4-8,15-16,18,20,22H,3,9-14,17,19H2,1-2H3,(H,34,35). The molecule has 0 amide bonds. The number of carbonyl (C=O) groups excluding carboxylic acids is 1. The third kappa shape index (κ3) is 5.82. The Balaban J connectivity index is 1.50. The predicted octanol–water partition coefficient (Wildman–Crippen LogP) is 7.91. The molecule has 1 saturated carbocycles. The van der Waals surface area contributed by atoms with Gasteiger partial charge in [-0.25, -0.2) is 4.79 Å². The molecule has 0 radical (unpaired) electrons. The topological polar surface area (TPSA) is 57.6 Å². The fourth-order valence-electron chi connectivity index (χ4n) is 5.87. The summed E-state index contributed by atoms with van der Waals surface area (Å²) in [5, 5.41) is 12.1. The second-order valence-corrected chi connectivity index (χ2v) is 12.5. The van der Waals surface area contributed by atoms with Crippen LogP contribution < -0.4 is 0 Å². The first-order valence-electron chi connectivity index (χ1n) is 13.4. The van der Waals surface area contributed by atoms with Gasteiger partial charge in [0.1, 0.15) is 4.88 Å². The Hall–Kier alpha value is -2.54. The SMILES string of the molecule is CCN1CCC(c2cc(-c3cccc(CC(=O)c4cccs4)c3)sc2C(=O)O)=C(C2CCC(C)CC2)C1. The highest BCUT2D eigenvalue weighted by atomic mass is 32.1. The molecular weight excluding hydrogens is 498 g/mol. The molecule has 0 saturated heterocycles. The van der Waals surface area contributed by atoms with Gasteiger partial charge in [0, 0.05) is 30.0 Å². The molecule has 1 aliphatic heterocycles. The summed E-state index contributed by atoms with van der Waals surface area (Å²) >= 11 is 2.83. The van der Waals surface area contributed by atoms with E-state index in [1.807, 2.05) is 41.8 Å². The lowest BCUT2D eigenvalue weighted by molar-refractivity contribution is 0.0701. The molecule has 6 heteroatoms. The van der Waals surface area contributed by atoms with Gasteiger partial charge in [0.05, 0.1) is 4.88 Å². The molecule has 4 nitrogen and oxygen atoms in total. The number of carboxylic acid groups (broad SMARTS) is 1. The third-order valence-electron chi connectivity index (χ3n) is 8.04. The number of aromatic carboxylic acids is 1. The molecular formula is C31H35NO3S2. The molecule has 3 aromatic rings. The van der Waals surface area contributed by atoms with E-state index < -0.39 is 5.97 Å². The van der Waals surface area contributed by atoms with Crippen LogP contribution in [0.3, 0.4) is 0 Å². The van der Waals surface area contributed by atoms with Gasteiger partial charge in [0.25, 0.3) is 0 Å². The Labute approximate surface area is 227 Å². The van der Waals surface area contributed by atoms with Crippen molar-refractivity contribution in [3.63, 3.8) is 0 Å². The maximum atomic E-state index is 12.7. The van der Waals surface area contributed by atoms with Crippen molar-refractivity contribution in [3.05, 3.63) is 74.3 Å². The van der Waals surface area contributed by atoms with E-state index in [-0.39, 0.29) is 5.78 Å². The average Bonchev–Trinajstić information content (AvgIpc) is 3.60. The number of carbonyl (C=O) groups is 2. The first-order chi connectivity index (χ1) is 17.9. The molecule has 2 aliphatic rings. The van der Waals surface area contributed by atoms with Crippen LogP contribution in [0.5, 0.6) is 0 Å². The summed E-state index contributed by atoms with van der Waals surface area (Å²) in [5.74, 6) is 0.603. The maximum absolute atomic E-state index is 12.7. The predicted molar refractivity (Wildman–Crippen MR) is 154 cm³/mol. The number of Topliss-reactive ketones (excluding diaryl/α,β-unsaturated/α-hetero) is 1. The molecule has 1 N–H and O–H groups in total. The van der Waals surface area contributed by atoms with Gasteiger partial charge < -0.3 is 5.11 Å². The van der Waals surface area contributed by atoms with Crippen molar-refractivity contribution in [2.24, 2.45) is 11.8 Å². The number of hydrogen-bond donors (Lipinski definition) is 1. The first kappa shape index (κ1) is 26.1. The smallest absolute Gasteiger partial charge is 0.346 e. The lowest BCUT2D eigenvalue weighted by atomic mass is 9.75. The minimum atomic E-state index is -0.850. The molecule has 0 bridgehead atoms. The Kier molecular flexibility index (Phi) is 8.08. The molecule has 0 spiro atoms. The summed E-state index contributed by atoms with van der Waals surface area (Å²) in [7, 11) is 0. The van der Waals surface area contributed by atoms with E-state index in [1.54, 1.807) is 0 Å². The second kappa shape index (κ2) is 11.5. The van der Waals surface area contributed by atoms with Gasteiger partial charge in [0.2, 0.25) is 0 Å². The van der Waals surface area contributed by atoms with Gasteiger partial charge in [0.15, 0.2) is 5.78 Å². The lowest BCUT2D eigenvalue weighted by Crippen LogP contribution is -2.34. The van der Waals surface area contributed by atoms with Crippen LogP contribution in [0.15, 0.2) is 53.4 Å². The highest BCUT2D eigenvalue weighted by molar-refractivity contribution is 7.17. The van der Waals surface area contributed by atoms with Gasteiger partial charge in [-0.15, -0.1) is 22.7 Å². The summed E-state index contributed by atoms with van der Waals surface area (Å²) in [6.45, 7) is 7.52. The Morgan fingerprint density at radius 1 is 1.08 bits per heavy atom. The van der Waals surface area contributed by atoms with Crippen molar-refractivity contribution in [3.8, 4) is 10.4 Å². The van der Waals surface area contributed by atoms with Crippen LogP contribution >= 0.6 is 22.7 Å². The molecule has 1 aromatic carbocycles. The monoisotopic (exact) mass is 533 g/mol. The zero-order valence-corrected chi connectivity index (χ0v) is 23.3. The molecule has 1 fully saturated rings. The van der Waals surface area contributed by atoms with Crippen LogP contribution in [0.25, 0.3) is 16.0 Å². The van der Waals surface area contributed by atoms with E-state index in [4.69, 9.17) is 0 Å². The maximum Gasteiger partial charge on any atom is 0.346 e. The molecule has 2 aromatic heterocycles. The molecule has 5 rings (SSSR count). The minimum absolute atomic E-state index is 0.115. The summed E-state index contributed by atoms with van der Waals surface area (Å²) in [4.78, 5) is 29.8. The minimum Gasteiger partial charge on any atom is -0.477 e. The number of ketones is 1.